The Morgan fingerprint density at radius 1 is 1.21 bits per heavy atom. The van der Waals surface area contributed by atoms with Crippen LogP contribution in [-0.2, 0) is 0 Å². The zero-order valence-electron chi connectivity index (χ0n) is 12.7. The summed E-state index contributed by atoms with van der Waals surface area (Å²) in [6.45, 7) is 11.8. The summed E-state index contributed by atoms with van der Waals surface area (Å²) in [5.74, 6) is 0.951. The summed E-state index contributed by atoms with van der Waals surface area (Å²) in [5.41, 5.74) is 0. The van der Waals surface area contributed by atoms with Gasteiger partial charge >= 0.3 is 0 Å². The minimum absolute atomic E-state index is 0. The molecular formula is C14H31IN4. The summed E-state index contributed by atoms with van der Waals surface area (Å²) >= 11 is 0. The maximum atomic E-state index is 4.58. The Kier molecular flexibility index (Phi) is 11.7. The quantitative estimate of drug-likeness (QED) is 0.321. The number of nitrogens with one attached hydrogen (secondary N) is 2. The van der Waals surface area contributed by atoms with Gasteiger partial charge in [-0.15, -0.1) is 24.0 Å². The second-order valence-corrected chi connectivity index (χ2v) is 5.03. The van der Waals surface area contributed by atoms with E-state index >= 15 is 0 Å². The summed E-state index contributed by atoms with van der Waals surface area (Å²) in [4.78, 5) is 7.19. The third-order valence-corrected chi connectivity index (χ3v) is 3.50. The fourth-order valence-corrected chi connectivity index (χ4v) is 2.46. The van der Waals surface area contributed by atoms with Gasteiger partial charge in [-0.25, -0.2) is 0 Å². The molecule has 0 aromatic rings. The first-order chi connectivity index (χ1) is 8.77. The minimum atomic E-state index is 0. The smallest absolute Gasteiger partial charge is 0.191 e. The molecule has 1 aliphatic rings. The van der Waals surface area contributed by atoms with E-state index in [4.69, 9.17) is 0 Å². The van der Waals surface area contributed by atoms with Crippen LogP contribution in [0.4, 0.5) is 0 Å². The average Bonchev–Trinajstić information content (AvgIpc) is 2.37. The highest BCUT2D eigenvalue weighted by atomic mass is 127. The average molecular weight is 382 g/mol. The summed E-state index contributed by atoms with van der Waals surface area (Å²) in [5, 5.41) is 6.51. The van der Waals surface area contributed by atoms with E-state index in [2.05, 4.69) is 41.3 Å². The van der Waals surface area contributed by atoms with Gasteiger partial charge in [-0.05, 0) is 46.6 Å². The Morgan fingerprint density at radius 2 is 1.89 bits per heavy atom. The van der Waals surface area contributed by atoms with Crippen LogP contribution in [0.5, 0.6) is 0 Å². The van der Waals surface area contributed by atoms with Crippen LogP contribution in [0.2, 0.25) is 0 Å². The van der Waals surface area contributed by atoms with Crippen LogP contribution < -0.4 is 10.6 Å². The molecule has 0 bridgehead atoms. The Bertz CT molecular complexity index is 238. The van der Waals surface area contributed by atoms with Crippen molar-refractivity contribution in [1.82, 2.24) is 15.5 Å². The molecule has 19 heavy (non-hydrogen) atoms. The molecule has 0 spiro atoms. The third-order valence-electron chi connectivity index (χ3n) is 3.50. The molecule has 5 heteroatoms. The Morgan fingerprint density at radius 3 is 2.47 bits per heavy atom. The van der Waals surface area contributed by atoms with Crippen molar-refractivity contribution in [2.45, 2.75) is 52.5 Å². The lowest BCUT2D eigenvalue weighted by molar-refractivity contribution is 0.160. The van der Waals surface area contributed by atoms with Gasteiger partial charge in [0.05, 0.1) is 0 Å². The topological polar surface area (TPSA) is 39.7 Å². The van der Waals surface area contributed by atoms with E-state index in [1.54, 1.807) is 0 Å². The Balaban J connectivity index is 0.00000324. The molecule has 0 saturated carbocycles. The summed E-state index contributed by atoms with van der Waals surface area (Å²) < 4.78 is 0. The van der Waals surface area contributed by atoms with Gasteiger partial charge in [0.25, 0.3) is 0 Å². The predicted octanol–water partition coefficient (Wildman–Crippen LogP) is 2.44. The van der Waals surface area contributed by atoms with Crippen molar-refractivity contribution in [3.63, 3.8) is 0 Å². The molecule has 114 valence electrons. The standard InChI is InChI=1S/C14H30N4.HI/c1-4-15-14(16-5-2)17-10-8-12-18-11-7-6-9-13(18)3;/h13H,4-12H2,1-3H3,(H2,15,16,17);1H. The van der Waals surface area contributed by atoms with Gasteiger partial charge in [0.15, 0.2) is 5.96 Å². The Labute approximate surface area is 135 Å². The number of nitrogens with zero attached hydrogens (tertiary/aromatic N) is 2. The van der Waals surface area contributed by atoms with E-state index < -0.39 is 0 Å². The van der Waals surface area contributed by atoms with Crippen molar-refractivity contribution in [1.29, 1.82) is 0 Å². The maximum Gasteiger partial charge on any atom is 0.191 e. The van der Waals surface area contributed by atoms with Crippen LogP contribution in [0.25, 0.3) is 0 Å². The number of rotatable bonds is 6. The first-order valence-electron chi connectivity index (χ1n) is 7.54. The molecule has 1 atom stereocenters. The van der Waals surface area contributed by atoms with Crippen molar-refractivity contribution < 1.29 is 0 Å². The molecule has 1 fully saturated rings. The molecule has 1 heterocycles. The summed E-state index contributed by atoms with van der Waals surface area (Å²) in [7, 11) is 0. The summed E-state index contributed by atoms with van der Waals surface area (Å²) in [6.07, 6.45) is 5.29. The molecular weight excluding hydrogens is 351 g/mol. The second kappa shape index (κ2) is 11.8. The van der Waals surface area contributed by atoms with Gasteiger partial charge in [-0.1, -0.05) is 6.42 Å². The molecule has 2 N–H and O–H groups in total. The van der Waals surface area contributed by atoms with Gasteiger partial charge in [0.2, 0.25) is 0 Å². The molecule has 0 aliphatic carbocycles. The normalized spacial score (nSPS) is 19.4. The second-order valence-electron chi connectivity index (χ2n) is 5.03. The van der Waals surface area contributed by atoms with Crippen molar-refractivity contribution >= 4 is 29.9 Å². The minimum Gasteiger partial charge on any atom is -0.357 e. The lowest BCUT2D eigenvalue weighted by atomic mass is 10.0. The van der Waals surface area contributed by atoms with Gasteiger partial charge in [0, 0.05) is 32.2 Å². The molecule has 1 rings (SSSR count). The van der Waals surface area contributed by atoms with Crippen LogP contribution in [0.3, 0.4) is 0 Å². The van der Waals surface area contributed by atoms with Crippen molar-refractivity contribution in [2.75, 3.05) is 32.7 Å². The van der Waals surface area contributed by atoms with E-state index in [-0.39, 0.29) is 24.0 Å². The number of piperidine rings is 1. The number of likely N-dealkylation sites (tertiary alicyclic amines) is 1. The zero-order valence-corrected chi connectivity index (χ0v) is 15.1. The molecule has 1 saturated heterocycles. The van der Waals surface area contributed by atoms with Crippen LogP contribution in [0.1, 0.15) is 46.5 Å². The van der Waals surface area contributed by atoms with Crippen LogP contribution in [0.15, 0.2) is 4.99 Å². The lowest BCUT2D eigenvalue weighted by Gasteiger charge is -2.33. The zero-order chi connectivity index (χ0) is 13.2. The largest absolute Gasteiger partial charge is 0.357 e. The van der Waals surface area contributed by atoms with E-state index in [9.17, 15) is 0 Å². The summed E-state index contributed by atoms with van der Waals surface area (Å²) in [6, 6.07) is 0.768. The molecule has 4 nitrogen and oxygen atoms in total. The first-order valence-corrected chi connectivity index (χ1v) is 7.54. The number of halogens is 1. The van der Waals surface area contributed by atoms with Gasteiger partial charge < -0.3 is 15.5 Å². The number of guanidine groups is 1. The van der Waals surface area contributed by atoms with Crippen molar-refractivity contribution in [3.8, 4) is 0 Å². The highest BCUT2D eigenvalue weighted by Gasteiger charge is 2.16. The van der Waals surface area contributed by atoms with Gasteiger partial charge in [-0.3, -0.25) is 4.99 Å². The van der Waals surface area contributed by atoms with E-state index in [1.165, 1.54) is 32.4 Å². The lowest BCUT2D eigenvalue weighted by Crippen LogP contribution is -2.39. The highest BCUT2D eigenvalue weighted by Crippen LogP contribution is 2.16. The van der Waals surface area contributed by atoms with Crippen LogP contribution in [-0.4, -0.2) is 49.6 Å². The molecule has 0 amide bonds. The molecule has 0 aromatic carbocycles. The van der Waals surface area contributed by atoms with E-state index in [0.717, 1.165) is 38.1 Å². The molecule has 0 radical (unpaired) electrons. The third kappa shape index (κ3) is 7.97. The van der Waals surface area contributed by atoms with Crippen LogP contribution >= 0.6 is 24.0 Å². The first kappa shape index (κ1) is 19.0. The molecule has 1 unspecified atom stereocenters. The van der Waals surface area contributed by atoms with Gasteiger partial charge in [-0.2, -0.15) is 0 Å². The number of hydrogen-bond donors (Lipinski definition) is 2. The SMILES string of the molecule is CCNC(=NCCCN1CCCCC1C)NCC.I. The Hall–Kier alpha value is -0.0400. The maximum absolute atomic E-state index is 4.58. The molecule has 0 aromatic heterocycles. The van der Waals surface area contributed by atoms with E-state index in [1.807, 2.05) is 0 Å². The fourth-order valence-electron chi connectivity index (χ4n) is 2.46. The fraction of sp³-hybridized carbons (Fsp3) is 0.929. The monoisotopic (exact) mass is 382 g/mol. The van der Waals surface area contributed by atoms with Crippen molar-refractivity contribution in [2.24, 2.45) is 4.99 Å². The predicted molar refractivity (Wildman–Crippen MR) is 94.6 cm³/mol. The number of hydrogen-bond acceptors (Lipinski definition) is 2. The number of aliphatic imine (C=N–C) groups is 1. The molecule has 1 aliphatic heterocycles. The van der Waals surface area contributed by atoms with Crippen LogP contribution in [0, 0.1) is 0 Å². The van der Waals surface area contributed by atoms with Gasteiger partial charge in [0.1, 0.15) is 0 Å². The van der Waals surface area contributed by atoms with Crippen molar-refractivity contribution in [3.05, 3.63) is 0 Å². The highest BCUT2D eigenvalue weighted by molar-refractivity contribution is 14.0. The van der Waals surface area contributed by atoms with E-state index in [0.29, 0.717) is 0 Å².